The van der Waals surface area contributed by atoms with Gasteiger partial charge in [0.15, 0.2) is 0 Å². The molecule has 1 aromatic heterocycles. The van der Waals surface area contributed by atoms with Crippen LogP contribution in [0.15, 0.2) is 5.38 Å². The zero-order chi connectivity index (χ0) is 9.97. The normalized spacial score (nSPS) is 19.3. The summed E-state index contributed by atoms with van der Waals surface area (Å²) >= 11 is 1.75. The Hall–Kier alpha value is -0.410. The summed E-state index contributed by atoms with van der Waals surface area (Å²) in [7, 11) is 2.04. The monoisotopic (exact) mass is 210 g/mol. The first-order valence-electron chi connectivity index (χ1n) is 5.39. The lowest BCUT2D eigenvalue weighted by atomic mass is 9.80. The van der Waals surface area contributed by atoms with E-state index in [9.17, 15) is 0 Å². The van der Waals surface area contributed by atoms with Crippen LogP contribution in [-0.4, -0.2) is 12.0 Å². The molecule has 1 saturated carbocycles. The predicted octanol–water partition coefficient (Wildman–Crippen LogP) is 2.90. The van der Waals surface area contributed by atoms with Crippen molar-refractivity contribution in [1.29, 1.82) is 0 Å². The number of hydrogen-bond acceptors (Lipinski definition) is 3. The first-order chi connectivity index (χ1) is 6.79. The van der Waals surface area contributed by atoms with Gasteiger partial charge in [-0.2, -0.15) is 0 Å². The second kappa shape index (κ2) is 4.41. The minimum Gasteiger partial charge on any atom is -0.312 e. The third-order valence-corrected chi connectivity index (χ3v) is 3.93. The summed E-state index contributed by atoms with van der Waals surface area (Å²) in [6.07, 6.45) is 5.53. The molecule has 0 aromatic carbocycles. The maximum Gasteiger partial charge on any atom is 0.0898 e. The van der Waals surface area contributed by atoms with Crippen molar-refractivity contribution in [3.8, 4) is 0 Å². The molecule has 0 spiro atoms. The number of rotatable bonds is 4. The number of nitrogens with zero attached hydrogens (tertiary/aromatic N) is 1. The summed E-state index contributed by atoms with van der Waals surface area (Å²) in [5.41, 5.74) is 1.24. The highest BCUT2D eigenvalue weighted by Gasteiger charge is 2.23. The minimum atomic E-state index is 0.477. The Morgan fingerprint density at radius 2 is 2.43 bits per heavy atom. The molecule has 2 nitrogen and oxygen atoms in total. The summed E-state index contributed by atoms with van der Waals surface area (Å²) in [5, 5.41) is 6.74. The molecule has 0 saturated heterocycles. The van der Waals surface area contributed by atoms with Gasteiger partial charge in [-0.05, 0) is 26.3 Å². The van der Waals surface area contributed by atoms with E-state index in [1.165, 1.54) is 36.4 Å². The molecule has 0 radical (unpaired) electrons. The number of hydrogen-bond donors (Lipinski definition) is 1. The van der Waals surface area contributed by atoms with Crippen LogP contribution in [0.3, 0.4) is 0 Å². The van der Waals surface area contributed by atoms with Gasteiger partial charge in [0, 0.05) is 5.38 Å². The van der Waals surface area contributed by atoms with Crippen LogP contribution in [0.4, 0.5) is 0 Å². The first kappa shape index (κ1) is 10.1. The van der Waals surface area contributed by atoms with E-state index >= 15 is 0 Å². The molecule has 1 heterocycles. The van der Waals surface area contributed by atoms with E-state index < -0.39 is 0 Å². The van der Waals surface area contributed by atoms with Crippen molar-refractivity contribution in [2.75, 3.05) is 7.05 Å². The number of aromatic nitrogens is 1. The fraction of sp³-hybridized carbons (Fsp3) is 0.727. The second-order valence-electron chi connectivity index (χ2n) is 4.17. The zero-order valence-electron chi connectivity index (χ0n) is 8.92. The second-order valence-corrected chi connectivity index (χ2v) is 5.23. The van der Waals surface area contributed by atoms with Gasteiger partial charge in [-0.1, -0.05) is 19.3 Å². The molecule has 0 bridgehead atoms. The van der Waals surface area contributed by atoms with E-state index in [2.05, 4.69) is 22.6 Å². The number of thiazole rings is 1. The lowest BCUT2D eigenvalue weighted by molar-refractivity contribution is 0.264. The SMILES string of the molecule is CNC(CC1CCC1)c1csc(C)n1. The van der Waals surface area contributed by atoms with Gasteiger partial charge < -0.3 is 5.32 Å². The van der Waals surface area contributed by atoms with Gasteiger partial charge in [0.05, 0.1) is 16.7 Å². The van der Waals surface area contributed by atoms with Crippen molar-refractivity contribution in [2.24, 2.45) is 5.92 Å². The summed E-state index contributed by atoms with van der Waals surface area (Å²) in [6.45, 7) is 2.07. The zero-order valence-corrected chi connectivity index (χ0v) is 9.73. The molecule has 3 heteroatoms. The van der Waals surface area contributed by atoms with Crippen LogP contribution >= 0.6 is 11.3 Å². The maximum atomic E-state index is 4.55. The van der Waals surface area contributed by atoms with E-state index in [0.29, 0.717) is 6.04 Å². The Kier molecular flexibility index (Phi) is 3.19. The molecule has 1 fully saturated rings. The Morgan fingerprint density at radius 1 is 1.64 bits per heavy atom. The van der Waals surface area contributed by atoms with Crippen LogP contribution in [0.1, 0.15) is 42.4 Å². The molecular formula is C11H18N2S. The minimum absolute atomic E-state index is 0.477. The van der Waals surface area contributed by atoms with Gasteiger partial charge in [-0.3, -0.25) is 0 Å². The topological polar surface area (TPSA) is 24.9 Å². The molecule has 0 amide bonds. The fourth-order valence-corrected chi connectivity index (χ4v) is 2.65. The molecule has 1 aromatic rings. The molecule has 1 aliphatic carbocycles. The summed E-state index contributed by atoms with van der Waals surface area (Å²) in [4.78, 5) is 4.55. The van der Waals surface area contributed by atoms with Crippen molar-refractivity contribution in [1.82, 2.24) is 10.3 Å². The predicted molar refractivity (Wildman–Crippen MR) is 60.6 cm³/mol. The van der Waals surface area contributed by atoms with Crippen LogP contribution in [0.2, 0.25) is 0 Å². The third kappa shape index (κ3) is 2.15. The van der Waals surface area contributed by atoms with E-state index in [4.69, 9.17) is 0 Å². The van der Waals surface area contributed by atoms with Crippen LogP contribution in [0.25, 0.3) is 0 Å². The van der Waals surface area contributed by atoms with Gasteiger partial charge in [-0.15, -0.1) is 11.3 Å². The standard InChI is InChI=1S/C11H18N2S/c1-8-13-11(7-14-8)10(12-2)6-9-4-3-5-9/h7,9-10,12H,3-6H2,1-2H3. The average Bonchev–Trinajstić information content (AvgIpc) is 2.50. The maximum absolute atomic E-state index is 4.55. The molecule has 14 heavy (non-hydrogen) atoms. The summed E-state index contributed by atoms with van der Waals surface area (Å²) in [5.74, 6) is 0.939. The third-order valence-electron chi connectivity index (χ3n) is 3.14. The fourth-order valence-electron chi connectivity index (χ4n) is 1.99. The van der Waals surface area contributed by atoms with Crippen LogP contribution < -0.4 is 5.32 Å². The van der Waals surface area contributed by atoms with Crippen LogP contribution in [0, 0.1) is 12.8 Å². The van der Waals surface area contributed by atoms with Crippen molar-refractivity contribution in [2.45, 2.75) is 38.6 Å². The molecule has 1 unspecified atom stereocenters. The van der Waals surface area contributed by atoms with E-state index in [-0.39, 0.29) is 0 Å². The lowest BCUT2D eigenvalue weighted by Crippen LogP contribution is -2.23. The Balaban J connectivity index is 1.97. The molecule has 0 aliphatic heterocycles. The first-order valence-corrected chi connectivity index (χ1v) is 6.27. The molecule has 1 aliphatic rings. The number of aryl methyl sites for hydroxylation is 1. The van der Waals surface area contributed by atoms with Crippen LogP contribution in [-0.2, 0) is 0 Å². The molecule has 1 N–H and O–H groups in total. The van der Waals surface area contributed by atoms with Crippen molar-refractivity contribution < 1.29 is 0 Å². The van der Waals surface area contributed by atoms with Crippen molar-refractivity contribution in [3.63, 3.8) is 0 Å². The van der Waals surface area contributed by atoms with Gasteiger partial charge >= 0.3 is 0 Å². The largest absolute Gasteiger partial charge is 0.312 e. The van der Waals surface area contributed by atoms with Crippen molar-refractivity contribution >= 4 is 11.3 Å². The smallest absolute Gasteiger partial charge is 0.0898 e. The van der Waals surface area contributed by atoms with Crippen molar-refractivity contribution in [3.05, 3.63) is 16.1 Å². The quantitative estimate of drug-likeness (QED) is 0.826. The molecular weight excluding hydrogens is 192 g/mol. The summed E-state index contributed by atoms with van der Waals surface area (Å²) < 4.78 is 0. The molecule has 78 valence electrons. The molecule has 2 rings (SSSR count). The Bertz CT molecular complexity index is 291. The highest BCUT2D eigenvalue weighted by atomic mass is 32.1. The van der Waals surface area contributed by atoms with Crippen LogP contribution in [0.5, 0.6) is 0 Å². The lowest BCUT2D eigenvalue weighted by Gasteiger charge is -2.28. The Labute approximate surface area is 89.8 Å². The van der Waals surface area contributed by atoms with Gasteiger partial charge in [0.25, 0.3) is 0 Å². The van der Waals surface area contributed by atoms with E-state index in [0.717, 1.165) is 5.92 Å². The molecule has 1 atom stereocenters. The van der Waals surface area contributed by atoms with Gasteiger partial charge in [-0.25, -0.2) is 4.98 Å². The van der Waals surface area contributed by atoms with Gasteiger partial charge in [0.2, 0.25) is 0 Å². The summed E-state index contributed by atoms with van der Waals surface area (Å²) in [6, 6.07) is 0.477. The average molecular weight is 210 g/mol. The highest BCUT2D eigenvalue weighted by molar-refractivity contribution is 7.09. The van der Waals surface area contributed by atoms with E-state index in [1.807, 2.05) is 7.05 Å². The van der Waals surface area contributed by atoms with E-state index in [1.54, 1.807) is 11.3 Å². The Morgan fingerprint density at radius 3 is 2.86 bits per heavy atom. The number of nitrogens with one attached hydrogen (secondary N) is 1. The van der Waals surface area contributed by atoms with Gasteiger partial charge in [0.1, 0.15) is 0 Å². The highest BCUT2D eigenvalue weighted by Crippen LogP contribution is 2.34.